The van der Waals surface area contributed by atoms with Gasteiger partial charge >= 0.3 is 5.97 Å². The Labute approximate surface area is 145 Å². The molecular formula is C18H22N2O3S. The zero-order valence-electron chi connectivity index (χ0n) is 14.6. The first kappa shape index (κ1) is 16.9. The Morgan fingerprint density at radius 1 is 1.38 bits per heavy atom. The summed E-state index contributed by atoms with van der Waals surface area (Å²) in [5, 5.41) is 6.01. The van der Waals surface area contributed by atoms with E-state index in [0.29, 0.717) is 17.6 Å². The van der Waals surface area contributed by atoms with Crippen molar-refractivity contribution in [1.29, 1.82) is 0 Å². The molecule has 2 aliphatic rings. The predicted octanol–water partition coefficient (Wildman–Crippen LogP) is 3.23. The number of aryl methyl sites for hydroxylation is 1. The summed E-state index contributed by atoms with van der Waals surface area (Å²) in [5.74, 6) is -0.765. The van der Waals surface area contributed by atoms with Gasteiger partial charge < -0.3 is 10.1 Å². The number of ketones is 1. The summed E-state index contributed by atoms with van der Waals surface area (Å²) in [6.07, 6.45) is 1.25. The van der Waals surface area contributed by atoms with E-state index in [9.17, 15) is 9.59 Å². The van der Waals surface area contributed by atoms with Crippen molar-refractivity contribution in [2.24, 2.45) is 5.41 Å². The van der Waals surface area contributed by atoms with E-state index in [-0.39, 0.29) is 11.2 Å². The molecule has 0 aromatic carbocycles. The SMILES string of the molecule is COC(=O)C1=C(C)NC2=C(C(=O)CC(C)(C)C2)[C@H]1c1nc(C)cs1. The molecule has 0 radical (unpaired) electrons. The second-order valence-corrected chi connectivity index (χ2v) is 8.14. The van der Waals surface area contributed by atoms with E-state index in [4.69, 9.17) is 4.74 Å². The van der Waals surface area contributed by atoms with Crippen LogP contribution in [0.3, 0.4) is 0 Å². The molecule has 0 fully saturated rings. The lowest BCUT2D eigenvalue weighted by Crippen LogP contribution is -2.38. The Morgan fingerprint density at radius 3 is 2.67 bits per heavy atom. The molecule has 0 saturated heterocycles. The molecule has 1 aliphatic carbocycles. The second-order valence-electron chi connectivity index (χ2n) is 7.25. The molecule has 0 unspecified atom stereocenters. The monoisotopic (exact) mass is 346 g/mol. The number of aromatic nitrogens is 1. The molecule has 1 atom stereocenters. The van der Waals surface area contributed by atoms with Gasteiger partial charge in [-0.25, -0.2) is 9.78 Å². The molecule has 128 valence electrons. The average Bonchev–Trinajstić information content (AvgIpc) is 2.90. The van der Waals surface area contributed by atoms with Gasteiger partial charge in [0, 0.05) is 34.5 Å². The Kier molecular flexibility index (Phi) is 4.11. The normalized spacial score (nSPS) is 23.0. The van der Waals surface area contributed by atoms with Gasteiger partial charge in [-0.2, -0.15) is 0 Å². The molecule has 0 bridgehead atoms. The van der Waals surface area contributed by atoms with Crippen molar-refractivity contribution in [3.8, 4) is 0 Å². The molecule has 5 nitrogen and oxygen atoms in total. The Hall–Kier alpha value is -1.95. The standard InChI is InChI=1S/C18H22N2O3S/c1-9-8-24-16(19-9)15-13(17(22)23-5)10(2)20-11-6-18(3,4)7-12(21)14(11)15/h8,15,20H,6-7H2,1-5H3/t15-/m0/s1. The third-order valence-corrected chi connectivity index (χ3v) is 5.56. The molecular weight excluding hydrogens is 324 g/mol. The molecule has 3 rings (SSSR count). The molecule has 0 spiro atoms. The summed E-state index contributed by atoms with van der Waals surface area (Å²) in [6, 6.07) is 0. The topological polar surface area (TPSA) is 68.3 Å². The summed E-state index contributed by atoms with van der Waals surface area (Å²) in [5.41, 5.74) is 3.62. The molecule has 2 heterocycles. The number of nitrogens with one attached hydrogen (secondary N) is 1. The Bertz CT molecular complexity index is 786. The summed E-state index contributed by atoms with van der Waals surface area (Å²) >= 11 is 1.48. The van der Waals surface area contributed by atoms with Crippen molar-refractivity contribution >= 4 is 23.1 Å². The highest BCUT2D eigenvalue weighted by Gasteiger charge is 2.44. The smallest absolute Gasteiger partial charge is 0.336 e. The maximum Gasteiger partial charge on any atom is 0.336 e. The van der Waals surface area contributed by atoms with Crippen molar-refractivity contribution in [2.45, 2.75) is 46.5 Å². The zero-order chi connectivity index (χ0) is 17.6. The van der Waals surface area contributed by atoms with Crippen LogP contribution in [0.25, 0.3) is 0 Å². The highest BCUT2D eigenvalue weighted by Crippen LogP contribution is 2.47. The van der Waals surface area contributed by atoms with Crippen molar-refractivity contribution in [3.05, 3.63) is 38.6 Å². The van der Waals surface area contributed by atoms with E-state index in [1.54, 1.807) is 0 Å². The number of nitrogens with zero attached hydrogens (tertiary/aromatic N) is 1. The average molecular weight is 346 g/mol. The maximum absolute atomic E-state index is 12.9. The minimum atomic E-state index is -0.434. The fourth-order valence-corrected chi connectivity index (χ4v) is 4.48. The van der Waals surface area contributed by atoms with Gasteiger partial charge in [0.05, 0.1) is 18.6 Å². The lowest BCUT2D eigenvalue weighted by molar-refractivity contribution is -0.136. The van der Waals surface area contributed by atoms with Gasteiger partial charge in [0.15, 0.2) is 5.78 Å². The number of carbonyl (C=O) groups is 2. The molecule has 6 heteroatoms. The van der Waals surface area contributed by atoms with Crippen molar-refractivity contribution in [1.82, 2.24) is 10.3 Å². The second kappa shape index (κ2) is 5.84. The van der Waals surface area contributed by atoms with Crippen LogP contribution in [0, 0.1) is 12.3 Å². The molecule has 0 saturated carbocycles. The highest BCUT2D eigenvalue weighted by atomic mass is 32.1. The van der Waals surface area contributed by atoms with Gasteiger partial charge in [-0.05, 0) is 25.7 Å². The van der Waals surface area contributed by atoms with E-state index < -0.39 is 11.9 Å². The van der Waals surface area contributed by atoms with Crippen LogP contribution >= 0.6 is 11.3 Å². The van der Waals surface area contributed by atoms with Crippen LogP contribution in [0.1, 0.15) is 50.2 Å². The summed E-state index contributed by atoms with van der Waals surface area (Å²) < 4.78 is 4.98. The summed E-state index contributed by atoms with van der Waals surface area (Å²) in [4.78, 5) is 29.9. The molecule has 1 N–H and O–H groups in total. The Balaban J connectivity index is 2.18. The third kappa shape index (κ3) is 2.79. The quantitative estimate of drug-likeness (QED) is 0.833. The molecule has 0 amide bonds. The van der Waals surface area contributed by atoms with E-state index in [1.807, 2.05) is 19.2 Å². The van der Waals surface area contributed by atoms with E-state index in [1.165, 1.54) is 18.4 Å². The third-order valence-electron chi connectivity index (χ3n) is 4.53. The number of rotatable bonds is 2. The van der Waals surface area contributed by atoms with Crippen LogP contribution in [-0.4, -0.2) is 23.8 Å². The maximum atomic E-state index is 12.9. The van der Waals surface area contributed by atoms with Crippen LogP contribution in [0.4, 0.5) is 0 Å². The minimum absolute atomic E-state index is 0.0838. The molecule has 1 aromatic heterocycles. The first-order valence-corrected chi connectivity index (χ1v) is 8.86. The number of methoxy groups -OCH3 is 1. The van der Waals surface area contributed by atoms with E-state index >= 15 is 0 Å². The molecule has 1 aromatic rings. The number of ether oxygens (including phenoxy) is 1. The molecule has 1 aliphatic heterocycles. The number of thiazole rings is 1. The predicted molar refractivity (Wildman–Crippen MR) is 92.5 cm³/mol. The lowest BCUT2D eigenvalue weighted by Gasteiger charge is -2.38. The van der Waals surface area contributed by atoms with Gasteiger partial charge in [-0.1, -0.05) is 13.8 Å². The van der Waals surface area contributed by atoms with Gasteiger partial charge in [-0.3, -0.25) is 4.79 Å². The first-order chi connectivity index (χ1) is 11.2. The number of hydrogen-bond acceptors (Lipinski definition) is 6. The Morgan fingerprint density at radius 2 is 2.08 bits per heavy atom. The van der Waals surface area contributed by atoms with Crippen LogP contribution < -0.4 is 5.32 Å². The van der Waals surface area contributed by atoms with Gasteiger partial charge in [0.2, 0.25) is 0 Å². The van der Waals surface area contributed by atoms with Gasteiger partial charge in [-0.15, -0.1) is 11.3 Å². The fourth-order valence-electron chi connectivity index (χ4n) is 3.57. The van der Waals surface area contributed by atoms with E-state index in [2.05, 4.69) is 24.1 Å². The molecule has 24 heavy (non-hydrogen) atoms. The van der Waals surface area contributed by atoms with Crippen molar-refractivity contribution in [3.63, 3.8) is 0 Å². The number of esters is 1. The van der Waals surface area contributed by atoms with Crippen LogP contribution in [0.2, 0.25) is 0 Å². The summed E-state index contributed by atoms with van der Waals surface area (Å²) in [6.45, 7) is 7.95. The summed E-state index contributed by atoms with van der Waals surface area (Å²) in [7, 11) is 1.36. The van der Waals surface area contributed by atoms with E-state index in [0.717, 1.165) is 28.5 Å². The lowest BCUT2D eigenvalue weighted by atomic mass is 9.70. The fraction of sp³-hybridized carbons (Fsp3) is 0.500. The van der Waals surface area contributed by atoms with Gasteiger partial charge in [0.25, 0.3) is 0 Å². The zero-order valence-corrected chi connectivity index (χ0v) is 15.5. The number of dihydropyridines is 1. The highest BCUT2D eigenvalue weighted by molar-refractivity contribution is 7.09. The van der Waals surface area contributed by atoms with Crippen LogP contribution in [0.15, 0.2) is 27.9 Å². The van der Waals surface area contributed by atoms with Crippen LogP contribution in [-0.2, 0) is 14.3 Å². The van der Waals surface area contributed by atoms with Gasteiger partial charge in [0.1, 0.15) is 5.01 Å². The van der Waals surface area contributed by atoms with Crippen LogP contribution in [0.5, 0.6) is 0 Å². The number of Topliss-reactive ketones (excluding diaryl/α,β-unsaturated/α-hetero) is 1. The number of hydrogen-bond donors (Lipinski definition) is 1. The number of carbonyl (C=O) groups excluding carboxylic acids is 2. The first-order valence-electron chi connectivity index (χ1n) is 7.98. The van der Waals surface area contributed by atoms with Crippen molar-refractivity contribution < 1.29 is 14.3 Å². The van der Waals surface area contributed by atoms with Crippen molar-refractivity contribution in [2.75, 3.05) is 7.11 Å². The number of allylic oxidation sites excluding steroid dienone is 3. The minimum Gasteiger partial charge on any atom is -0.466 e. The largest absolute Gasteiger partial charge is 0.466 e.